The van der Waals surface area contributed by atoms with E-state index in [0.29, 0.717) is 12.0 Å². The zero-order valence-corrected chi connectivity index (χ0v) is 18.0. The Labute approximate surface area is 174 Å². The first-order valence-corrected chi connectivity index (χ1v) is 11.4. The summed E-state index contributed by atoms with van der Waals surface area (Å²) in [7, 11) is -3.88. The summed E-state index contributed by atoms with van der Waals surface area (Å²) < 4.78 is 28.1. The van der Waals surface area contributed by atoms with Crippen LogP contribution in [-0.4, -0.2) is 24.5 Å². The monoisotopic (exact) mass is 430 g/mol. The summed E-state index contributed by atoms with van der Waals surface area (Å²) in [5.41, 5.74) is 3.41. The molecule has 0 saturated heterocycles. The fraction of sp³-hybridized carbons (Fsp3) is 0.250. The van der Waals surface area contributed by atoms with Crippen LogP contribution in [0.4, 0.5) is 5.13 Å². The van der Waals surface area contributed by atoms with Crippen molar-refractivity contribution >= 4 is 32.4 Å². The number of sulfonamides is 1. The van der Waals surface area contributed by atoms with Gasteiger partial charge in [-0.05, 0) is 43.5 Å². The quantitative estimate of drug-likeness (QED) is 0.555. The second-order valence-corrected chi connectivity index (χ2v) is 9.50. The van der Waals surface area contributed by atoms with E-state index in [2.05, 4.69) is 20.2 Å². The molecule has 152 valence electrons. The van der Waals surface area contributed by atoms with Crippen molar-refractivity contribution in [3.8, 4) is 0 Å². The lowest BCUT2D eigenvalue weighted by Crippen LogP contribution is -2.28. The summed E-state index contributed by atoms with van der Waals surface area (Å²) in [5, 5.41) is 10.3. The van der Waals surface area contributed by atoms with Gasteiger partial charge in [-0.1, -0.05) is 60.2 Å². The number of rotatable bonds is 7. The highest BCUT2D eigenvalue weighted by Crippen LogP contribution is 2.25. The molecule has 1 aromatic heterocycles. The van der Waals surface area contributed by atoms with Crippen molar-refractivity contribution in [2.75, 3.05) is 5.32 Å². The Morgan fingerprint density at radius 3 is 2.41 bits per heavy atom. The van der Waals surface area contributed by atoms with Crippen LogP contribution in [0.2, 0.25) is 0 Å². The molecule has 3 rings (SSSR count). The largest absolute Gasteiger partial charge is 0.296 e. The van der Waals surface area contributed by atoms with Gasteiger partial charge in [-0.2, -0.15) is 0 Å². The zero-order chi connectivity index (χ0) is 21.0. The van der Waals surface area contributed by atoms with Crippen LogP contribution < -0.4 is 10.0 Å². The molecule has 0 aliphatic heterocycles. The fourth-order valence-corrected chi connectivity index (χ4v) is 5.04. The van der Waals surface area contributed by atoms with Crippen LogP contribution in [0.25, 0.3) is 0 Å². The normalized spacial score (nSPS) is 12.5. The molecule has 0 aliphatic rings. The first-order valence-electron chi connectivity index (χ1n) is 9.09. The highest BCUT2D eigenvalue weighted by Gasteiger charge is 2.25. The summed E-state index contributed by atoms with van der Waals surface area (Å²) in [6.07, 6.45) is 0.583. The van der Waals surface area contributed by atoms with Gasteiger partial charge in [-0.3, -0.25) is 10.1 Å². The summed E-state index contributed by atoms with van der Waals surface area (Å²) >= 11 is 0.813. The molecular formula is C20H22N4O3S2. The van der Waals surface area contributed by atoms with Crippen molar-refractivity contribution < 1.29 is 13.2 Å². The molecule has 0 bridgehead atoms. The van der Waals surface area contributed by atoms with Gasteiger partial charge >= 0.3 is 0 Å². The van der Waals surface area contributed by atoms with E-state index in [4.69, 9.17) is 0 Å². The first-order chi connectivity index (χ1) is 13.8. The number of nitrogens with zero attached hydrogens (tertiary/aromatic N) is 2. The molecule has 9 heteroatoms. The van der Waals surface area contributed by atoms with Crippen molar-refractivity contribution in [3.63, 3.8) is 0 Å². The molecule has 0 aliphatic carbocycles. The Balaban J connectivity index is 1.75. The van der Waals surface area contributed by atoms with Gasteiger partial charge in [0.1, 0.15) is 0 Å². The molecule has 7 nitrogen and oxygen atoms in total. The van der Waals surface area contributed by atoms with E-state index in [0.717, 1.165) is 28.0 Å². The van der Waals surface area contributed by atoms with Gasteiger partial charge < -0.3 is 0 Å². The minimum absolute atomic E-state index is 0.125. The number of carbonyl (C=O) groups excluding carboxylic acids is 1. The van der Waals surface area contributed by atoms with Gasteiger partial charge in [-0.25, -0.2) is 13.1 Å². The van der Waals surface area contributed by atoms with E-state index in [1.807, 2.05) is 57.2 Å². The number of hydrogen-bond donors (Lipinski definition) is 2. The predicted molar refractivity (Wildman–Crippen MR) is 114 cm³/mol. The van der Waals surface area contributed by atoms with Gasteiger partial charge in [0, 0.05) is 11.6 Å². The number of nitrogens with one attached hydrogen (secondary N) is 2. The molecule has 0 spiro atoms. The second kappa shape index (κ2) is 8.81. The number of anilines is 1. The van der Waals surface area contributed by atoms with Crippen molar-refractivity contribution in [2.45, 2.75) is 37.6 Å². The minimum Gasteiger partial charge on any atom is -0.296 e. The Morgan fingerprint density at radius 2 is 1.76 bits per heavy atom. The lowest BCUT2D eigenvalue weighted by atomic mass is 10.0. The molecule has 0 saturated carbocycles. The Morgan fingerprint density at radius 1 is 1.07 bits per heavy atom. The van der Waals surface area contributed by atoms with Gasteiger partial charge in [0.2, 0.25) is 9.47 Å². The molecule has 29 heavy (non-hydrogen) atoms. The Kier molecular flexibility index (Phi) is 6.41. The third-order valence-electron chi connectivity index (χ3n) is 4.44. The summed E-state index contributed by atoms with van der Waals surface area (Å²) in [4.78, 5) is 12.3. The van der Waals surface area contributed by atoms with Crippen LogP contribution >= 0.6 is 11.3 Å². The lowest BCUT2D eigenvalue weighted by Gasteiger charge is -2.18. The van der Waals surface area contributed by atoms with Crippen LogP contribution in [0.1, 0.15) is 46.4 Å². The first kappa shape index (κ1) is 21.1. The maximum Gasteiger partial charge on any atom is 0.270 e. The van der Waals surface area contributed by atoms with Crippen molar-refractivity contribution in [2.24, 2.45) is 0 Å². The number of hydrogen-bond acceptors (Lipinski definition) is 6. The molecule has 2 N–H and O–H groups in total. The standard InChI is InChI=1S/C20H22N4O3S2/c1-4-17(16-8-6-5-7-14(16)3)24-29(26,27)20-23-22-19(28-20)21-18(25)15-11-9-13(2)10-12-15/h5-12,17,24H,4H2,1-3H3,(H,21,22,25). The maximum atomic E-state index is 12.8. The van der Waals surface area contributed by atoms with Gasteiger partial charge in [0.25, 0.3) is 15.9 Å². The van der Waals surface area contributed by atoms with E-state index in [1.54, 1.807) is 12.1 Å². The van der Waals surface area contributed by atoms with Gasteiger partial charge in [0.05, 0.1) is 0 Å². The van der Waals surface area contributed by atoms with Crippen LogP contribution in [-0.2, 0) is 10.0 Å². The second-order valence-electron chi connectivity index (χ2n) is 6.63. The van der Waals surface area contributed by atoms with Crippen molar-refractivity contribution in [1.29, 1.82) is 0 Å². The van der Waals surface area contributed by atoms with E-state index in [1.165, 1.54) is 0 Å². The Hall–Kier alpha value is -2.62. The molecule has 1 amide bonds. The molecule has 1 unspecified atom stereocenters. The van der Waals surface area contributed by atoms with Crippen LogP contribution in [0.3, 0.4) is 0 Å². The Bertz CT molecular complexity index is 1110. The average Bonchev–Trinajstić information content (AvgIpc) is 3.17. The summed E-state index contributed by atoms with van der Waals surface area (Å²) in [6.45, 7) is 5.78. The third kappa shape index (κ3) is 5.06. The van der Waals surface area contributed by atoms with E-state index < -0.39 is 10.0 Å². The maximum absolute atomic E-state index is 12.8. The molecule has 2 aromatic carbocycles. The van der Waals surface area contributed by atoms with E-state index in [-0.39, 0.29) is 21.4 Å². The molecule has 0 fully saturated rings. The topological polar surface area (TPSA) is 101 Å². The van der Waals surface area contributed by atoms with Crippen LogP contribution in [0.5, 0.6) is 0 Å². The SMILES string of the molecule is CCC(NS(=O)(=O)c1nnc(NC(=O)c2ccc(C)cc2)s1)c1ccccc1C. The van der Waals surface area contributed by atoms with Gasteiger partial charge in [0.15, 0.2) is 0 Å². The predicted octanol–water partition coefficient (Wildman–Crippen LogP) is 3.84. The molecular weight excluding hydrogens is 408 g/mol. The van der Waals surface area contributed by atoms with Crippen molar-refractivity contribution in [3.05, 3.63) is 70.8 Å². The highest BCUT2D eigenvalue weighted by molar-refractivity contribution is 7.91. The highest BCUT2D eigenvalue weighted by atomic mass is 32.2. The van der Waals surface area contributed by atoms with Crippen molar-refractivity contribution in [1.82, 2.24) is 14.9 Å². The number of carbonyl (C=O) groups is 1. The van der Waals surface area contributed by atoms with Crippen LogP contribution in [0.15, 0.2) is 52.9 Å². The van der Waals surface area contributed by atoms with E-state index in [9.17, 15) is 13.2 Å². The minimum atomic E-state index is -3.88. The molecule has 1 atom stereocenters. The fourth-order valence-electron chi connectivity index (χ4n) is 2.83. The molecule has 3 aromatic rings. The average molecular weight is 431 g/mol. The third-order valence-corrected chi connectivity index (χ3v) is 7.12. The van der Waals surface area contributed by atoms with Crippen LogP contribution in [0, 0.1) is 13.8 Å². The number of aryl methyl sites for hydroxylation is 2. The number of benzene rings is 2. The van der Waals surface area contributed by atoms with E-state index >= 15 is 0 Å². The molecule has 1 heterocycles. The lowest BCUT2D eigenvalue weighted by molar-refractivity contribution is 0.102. The zero-order valence-electron chi connectivity index (χ0n) is 16.3. The smallest absolute Gasteiger partial charge is 0.270 e. The molecule has 0 radical (unpaired) electrons. The van der Waals surface area contributed by atoms with Gasteiger partial charge in [-0.15, -0.1) is 10.2 Å². The number of aromatic nitrogens is 2. The summed E-state index contributed by atoms with van der Waals surface area (Å²) in [6, 6.07) is 14.3. The number of amides is 1. The summed E-state index contributed by atoms with van der Waals surface area (Å²) in [5.74, 6) is -0.371.